The van der Waals surface area contributed by atoms with E-state index in [1.165, 1.54) is 13.4 Å². The van der Waals surface area contributed by atoms with Gasteiger partial charge in [0.2, 0.25) is 5.75 Å². The van der Waals surface area contributed by atoms with E-state index in [1.807, 2.05) is 0 Å². The van der Waals surface area contributed by atoms with Gasteiger partial charge >= 0.3 is 5.97 Å². The van der Waals surface area contributed by atoms with E-state index >= 15 is 0 Å². The molecule has 0 bridgehead atoms. The zero-order valence-corrected chi connectivity index (χ0v) is 10.8. The van der Waals surface area contributed by atoms with Crippen molar-refractivity contribution in [2.75, 3.05) is 26.1 Å². The number of aliphatic carboxylic acids is 1. The lowest BCUT2D eigenvalue weighted by Gasteiger charge is -2.16. The summed E-state index contributed by atoms with van der Waals surface area (Å²) in [6.45, 7) is 0.464. The van der Waals surface area contributed by atoms with Gasteiger partial charge in [-0.1, -0.05) is 0 Å². The summed E-state index contributed by atoms with van der Waals surface area (Å²) in [4.78, 5) is 28.8. The summed E-state index contributed by atoms with van der Waals surface area (Å²) in [5.74, 6) is -0.961. The largest absolute Gasteiger partial charge is 0.489 e. The lowest BCUT2D eigenvalue weighted by Crippen LogP contribution is -2.31. The Morgan fingerprint density at radius 1 is 1.58 bits per heavy atom. The maximum absolute atomic E-state index is 11.5. The van der Waals surface area contributed by atoms with Gasteiger partial charge in [0.25, 0.3) is 5.56 Å². The summed E-state index contributed by atoms with van der Waals surface area (Å²) in [5.41, 5.74) is -0.471. The third-order valence-electron chi connectivity index (χ3n) is 2.47. The third-order valence-corrected chi connectivity index (χ3v) is 2.47. The lowest BCUT2D eigenvalue weighted by atomic mass is 10.1. The number of nitrogens with zero attached hydrogens (tertiary/aromatic N) is 1. The molecule has 0 saturated carbocycles. The molecule has 1 unspecified atom stereocenters. The van der Waals surface area contributed by atoms with Crippen LogP contribution in [0, 0.1) is 0 Å². The quantitative estimate of drug-likeness (QED) is 0.573. The van der Waals surface area contributed by atoms with Crippen LogP contribution in [-0.2, 0) is 9.53 Å². The first-order valence-corrected chi connectivity index (χ1v) is 5.70. The number of carboxylic acid groups (broad SMARTS) is 1. The minimum Gasteiger partial charge on any atom is -0.489 e. The molecule has 19 heavy (non-hydrogen) atoms. The first kappa shape index (κ1) is 15.0. The van der Waals surface area contributed by atoms with Gasteiger partial charge in [0.05, 0.1) is 13.4 Å². The first-order valence-electron chi connectivity index (χ1n) is 5.70. The number of H-pyrrole nitrogens is 1. The van der Waals surface area contributed by atoms with Gasteiger partial charge in [0.1, 0.15) is 6.04 Å². The summed E-state index contributed by atoms with van der Waals surface area (Å²) >= 11 is 0. The molecule has 8 nitrogen and oxygen atoms in total. The maximum Gasteiger partial charge on any atom is 0.326 e. The number of aromatic amines is 1. The predicted octanol–water partition coefficient (Wildman–Crippen LogP) is 0.0702. The normalized spacial score (nSPS) is 11.9. The van der Waals surface area contributed by atoms with E-state index < -0.39 is 17.6 Å². The molecule has 1 heterocycles. The molecule has 1 rings (SSSR count). The fourth-order valence-corrected chi connectivity index (χ4v) is 1.53. The summed E-state index contributed by atoms with van der Waals surface area (Å²) in [6.07, 6.45) is 2.11. The summed E-state index contributed by atoms with van der Waals surface area (Å²) < 4.78 is 9.77. The van der Waals surface area contributed by atoms with Crippen LogP contribution >= 0.6 is 0 Å². The van der Waals surface area contributed by atoms with Crippen molar-refractivity contribution in [3.63, 3.8) is 0 Å². The number of nitrogens with one attached hydrogen (secondary N) is 2. The van der Waals surface area contributed by atoms with Crippen LogP contribution in [0.3, 0.4) is 0 Å². The third kappa shape index (κ3) is 4.25. The van der Waals surface area contributed by atoms with E-state index in [9.17, 15) is 9.59 Å². The number of anilines is 1. The Hall–Kier alpha value is -2.09. The number of carbonyl (C=O) groups is 1. The Labute approximate surface area is 109 Å². The fourth-order valence-electron chi connectivity index (χ4n) is 1.53. The smallest absolute Gasteiger partial charge is 0.326 e. The molecule has 0 spiro atoms. The highest BCUT2D eigenvalue weighted by Gasteiger charge is 2.20. The molecule has 1 atom stereocenters. The molecule has 0 amide bonds. The molecule has 0 aliphatic carbocycles. The van der Waals surface area contributed by atoms with Crippen LogP contribution in [0.25, 0.3) is 0 Å². The van der Waals surface area contributed by atoms with Crippen LogP contribution in [-0.4, -0.2) is 47.9 Å². The van der Waals surface area contributed by atoms with Gasteiger partial charge in [-0.15, -0.1) is 0 Å². The van der Waals surface area contributed by atoms with Gasteiger partial charge in [0.15, 0.2) is 5.82 Å². The van der Waals surface area contributed by atoms with E-state index in [4.69, 9.17) is 14.6 Å². The number of hydrogen-bond donors (Lipinski definition) is 3. The number of ether oxygens (including phenoxy) is 2. The van der Waals surface area contributed by atoms with Crippen LogP contribution in [0.15, 0.2) is 11.1 Å². The number of carboxylic acids is 1. The molecule has 106 valence electrons. The average molecular weight is 271 g/mol. The molecule has 8 heteroatoms. The molecule has 3 N–H and O–H groups in total. The molecule has 0 aliphatic heterocycles. The summed E-state index contributed by atoms with van der Waals surface area (Å²) in [7, 11) is 2.86. The Bertz CT molecular complexity index is 474. The Kier molecular flexibility index (Phi) is 5.80. The second kappa shape index (κ2) is 7.37. The van der Waals surface area contributed by atoms with Crippen molar-refractivity contribution in [1.82, 2.24) is 9.97 Å². The Balaban J connectivity index is 2.82. The van der Waals surface area contributed by atoms with E-state index in [0.29, 0.717) is 19.4 Å². The summed E-state index contributed by atoms with van der Waals surface area (Å²) in [5, 5.41) is 11.8. The van der Waals surface area contributed by atoms with Gasteiger partial charge in [-0.2, -0.15) is 0 Å². The van der Waals surface area contributed by atoms with Crippen LogP contribution in [0.1, 0.15) is 12.8 Å². The van der Waals surface area contributed by atoms with Gasteiger partial charge in [-0.05, 0) is 12.8 Å². The number of hydrogen-bond acceptors (Lipinski definition) is 6. The molecule has 1 aromatic rings. The van der Waals surface area contributed by atoms with E-state index in [1.54, 1.807) is 7.11 Å². The Morgan fingerprint density at radius 2 is 2.32 bits per heavy atom. The monoisotopic (exact) mass is 271 g/mol. The second-order valence-corrected chi connectivity index (χ2v) is 3.78. The molecule has 0 aromatic carbocycles. The van der Waals surface area contributed by atoms with E-state index in [-0.39, 0.29) is 11.6 Å². The van der Waals surface area contributed by atoms with Crippen molar-refractivity contribution in [3.05, 3.63) is 16.7 Å². The fraction of sp³-hybridized carbons (Fsp3) is 0.545. The number of aromatic nitrogens is 2. The van der Waals surface area contributed by atoms with Gasteiger partial charge in [-0.25, -0.2) is 9.78 Å². The second-order valence-electron chi connectivity index (χ2n) is 3.78. The van der Waals surface area contributed by atoms with Crippen molar-refractivity contribution >= 4 is 11.8 Å². The lowest BCUT2D eigenvalue weighted by molar-refractivity contribution is -0.138. The highest BCUT2D eigenvalue weighted by molar-refractivity contribution is 5.77. The maximum atomic E-state index is 11.5. The standard InChI is InChI=1S/C11H17N3O5/c1-18-5-3-4-7(11(16)17)14-9-8(19-2)10(15)13-6-12-9/h6-7H,3-5H2,1-2H3,(H,16,17)(H2,12,13,14,15). The summed E-state index contributed by atoms with van der Waals surface area (Å²) in [6, 6.07) is -0.863. The number of rotatable bonds is 8. The number of methoxy groups -OCH3 is 2. The van der Waals surface area contributed by atoms with Crippen molar-refractivity contribution < 1.29 is 19.4 Å². The molecule has 0 fully saturated rings. The van der Waals surface area contributed by atoms with Crippen LogP contribution < -0.4 is 15.6 Å². The van der Waals surface area contributed by atoms with Crippen molar-refractivity contribution in [3.8, 4) is 5.75 Å². The first-order chi connectivity index (χ1) is 9.10. The van der Waals surface area contributed by atoms with Crippen molar-refractivity contribution in [2.45, 2.75) is 18.9 Å². The molecular weight excluding hydrogens is 254 g/mol. The highest BCUT2D eigenvalue weighted by atomic mass is 16.5. The molecule has 0 radical (unpaired) electrons. The molecule has 0 aliphatic rings. The minimum atomic E-state index is -1.03. The Morgan fingerprint density at radius 3 is 2.89 bits per heavy atom. The zero-order chi connectivity index (χ0) is 14.3. The van der Waals surface area contributed by atoms with E-state index in [2.05, 4.69) is 15.3 Å². The average Bonchev–Trinajstić information content (AvgIpc) is 2.37. The zero-order valence-electron chi connectivity index (χ0n) is 10.8. The van der Waals surface area contributed by atoms with Gasteiger partial charge in [0, 0.05) is 13.7 Å². The highest BCUT2D eigenvalue weighted by Crippen LogP contribution is 2.17. The molecule has 0 saturated heterocycles. The van der Waals surface area contributed by atoms with Gasteiger partial charge in [-0.3, -0.25) is 4.79 Å². The molecular formula is C11H17N3O5. The van der Waals surface area contributed by atoms with Crippen LogP contribution in [0.2, 0.25) is 0 Å². The van der Waals surface area contributed by atoms with Crippen molar-refractivity contribution in [2.24, 2.45) is 0 Å². The topological polar surface area (TPSA) is 114 Å². The minimum absolute atomic E-state index is 0.0412. The van der Waals surface area contributed by atoms with Crippen LogP contribution in [0.5, 0.6) is 5.75 Å². The van der Waals surface area contributed by atoms with Crippen molar-refractivity contribution in [1.29, 1.82) is 0 Å². The SMILES string of the molecule is COCCCC(Nc1nc[nH]c(=O)c1OC)C(=O)O. The van der Waals surface area contributed by atoms with E-state index in [0.717, 1.165) is 0 Å². The van der Waals surface area contributed by atoms with Crippen LogP contribution in [0.4, 0.5) is 5.82 Å². The predicted molar refractivity (Wildman–Crippen MR) is 67.6 cm³/mol. The van der Waals surface area contributed by atoms with Gasteiger partial charge < -0.3 is 24.9 Å². The molecule has 1 aromatic heterocycles.